The predicted molar refractivity (Wildman–Crippen MR) is 51.9 cm³/mol. The molecule has 0 radical (unpaired) electrons. The fourth-order valence-electron chi connectivity index (χ4n) is 1.10. The first kappa shape index (κ1) is 10.3. The second kappa shape index (κ2) is 5.07. The van der Waals surface area contributed by atoms with Crippen LogP contribution in [0.4, 0.5) is 0 Å². The highest BCUT2D eigenvalue weighted by molar-refractivity contribution is 5.86. The highest BCUT2D eigenvalue weighted by Gasteiger charge is 2.04. The SMILES string of the molecule is C#CCCCCn1cc(C(=O)O)cn1. The molecule has 0 aliphatic rings. The molecule has 1 heterocycles. The van der Waals surface area contributed by atoms with E-state index in [9.17, 15) is 4.79 Å². The summed E-state index contributed by atoms with van der Waals surface area (Å²) >= 11 is 0. The molecule has 0 aromatic carbocycles. The first-order valence-electron chi connectivity index (χ1n) is 4.43. The van der Waals surface area contributed by atoms with Gasteiger partial charge in [0.15, 0.2) is 0 Å². The van der Waals surface area contributed by atoms with Crippen molar-refractivity contribution in [3.8, 4) is 12.3 Å². The molecule has 0 amide bonds. The van der Waals surface area contributed by atoms with Gasteiger partial charge in [-0.1, -0.05) is 0 Å². The third-order valence-corrected chi connectivity index (χ3v) is 1.84. The summed E-state index contributed by atoms with van der Waals surface area (Å²) in [6.45, 7) is 0.717. The van der Waals surface area contributed by atoms with E-state index in [0.717, 1.165) is 25.8 Å². The summed E-state index contributed by atoms with van der Waals surface area (Å²) in [7, 11) is 0. The van der Waals surface area contributed by atoms with Crippen molar-refractivity contribution in [2.75, 3.05) is 0 Å². The molecule has 1 aromatic rings. The van der Waals surface area contributed by atoms with Gasteiger partial charge in [0.05, 0.1) is 11.8 Å². The number of carbonyl (C=O) groups is 1. The Hall–Kier alpha value is -1.76. The number of carboxylic acids is 1. The van der Waals surface area contributed by atoms with E-state index in [1.54, 1.807) is 4.68 Å². The number of aryl methyl sites for hydroxylation is 1. The topological polar surface area (TPSA) is 55.1 Å². The van der Waals surface area contributed by atoms with E-state index < -0.39 is 5.97 Å². The van der Waals surface area contributed by atoms with Gasteiger partial charge in [-0.25, -0.2) is 4.79 Å². The van der Waals surface area contributed by atoms with Crippen LogP contribution in [0.2, 0.25) is 0 Å². The molecule has 0 unspecified atom stereocenters. The number of rotatable bonds is 5. The van der Waals surface area contributed by atoms with Crippen LogP contribution in [0, 0.1) is 12.3 Å². The lowest BCUT2D eigenvalue weighted by molar-refractivity contribution is 0.0697. The molecule has 0 spiro atoms. The standard InChI is InChI=1S/C10H12N2O2/c1-2-3-4-5-6-12-8-9(7-11-12)10(13)14/h1,7-8H,3-6H2,(H,13,14). The first-order valence-corrected chi connectivity index (χ1v) is 4.43. The van der Waals surface area contributed by atoms with Gasteiger partial charge >= 0.3 is 5.97 Å². The van der Waals surface area contributed by atoms with Gasteiger partial charge in [-0.15, -0.1) is 12.3 Å². The Bertz CT molecular complexity index is 349. The minimum absolute atomic E-state index is 0.224. The Kier molecular flexibility index (Phi) is 3.74. The van der Waals surface area contributed by atoms with Crippen molar-refractivity contribution in [1.29, 1.82) is 0 Å². The van der Waals surface area contributed by atoms with E-state index in [1.807, 2.05) is 0 Å². The summed E-state index contributed by atoms with van der Waals surface area (Å²) in [5.41, 5.74) is 0.224. The van der Waals surface area contributed by atoms with Crippen LogP contribution in [0.5, 0.6) is 0 Å². The maximum absolute atomic E-state index is 10.5. The number of aromatic nitrogens is 2. The van der Waals surface area contributed by atoms with Crippen LogP contribution in [-0.2, 0) is 6.54 Å². The van der Waals surface area contributed by atoms with Crippen molar-refractivity contribution >= 4 is 5.97 Å². The van der Waals surface area contributed by atoms with Crippen LogP contribution in [0.25, 0.3) is 0 Å². The van der Waals surface area contributed by atoms with Crippen molar-refractivity contribution in [2.45, 2.75) is 25.8 Å². The first-order chi connectivity index (χ1) is 6.74. The lowest BCUT2D eigenvalue weighted by Crippen LogP contribution is -1.98. The minimum atomic E-state index is -0.945. The normalized spacial score (nSPS) is 9.64. The molecule has 1 N–H and O–H groups in total. The fourth-order valence-corrected chi connectivity index (χ4v) is 1.10. The Morgan fingerprint density at radius 1 is 1.64 bits per heavy atom. The van der Waals surface area contributed by atoms with Crippen LogP contribution in [0.15, 0.2) is 12.4 Å². The highest BCUT2D eigenvalue weighted by Crippen LogP contribution is 2.01. The van der Waals surface area contributed by atoms with Crippen molar-refractivity contribution in [3.05, 3.63) is 18.0 Å². The quantitative estimate of drug-likeness (QED) is 0.566. The molecule has 14 heavy (non-hydrogen) atoms. The zero-order valence-corrected chi connectivity index (χ0v) is 7.81. The van der Waals surface area contributed by atoms with E-state index in [4.69, 9.17) is 11.5 Å². The number of nitrogens with zero attached hydrogens (tertiary/aromatic N) is 2. The highest BCUT2D eigenvalue weighted by atomic mass is 16.4. The maximum Gasteiger partial charge on any atom is 0.338 e. The number of hydrogen-bond acceptors (Lipinski definition) is 2. The molecule has 0 atom stereocenters. The van der Waals surface area contributed by atoms with Crippen LogP contribution < -0.4 is 0 Å². The average Bonchev–Trinajstić information content (AvgIpc) is 2.61. The fraction of sp³-hybridized carbons (Fsp3) is 0.400. The third-order valence-electron chi connectivity index (χ3n) is 1.84. The number of carboxylic acid groups (broad SMARTS) is 1. The van der Waals surface area contributed by atoms with Crippen LogP contribution in [0.3, 0.4) is 0 Å². The van der Waals surface area contributed by atoms with Crippen molar-refractivity contribution in [1.82, 2.24) is 9.78 Å². The van der Waals surface area contributed by atoms with E-state index >= 15 is 0 Å². The van der Waals surface area contributed by atoms with Gasteiger partial charge < -0.3 is 5.11 Å². The summed E-state index contributed by atoms with van der Waals surface area (Å²) < 4.78 is 1.62. The van der Waals surface area contributed by atoms with Gasteiger partial charge in [0.25, 0.3) is 0 Å². The third kappa shape index (κ3) is 2.94. The molecule has 1 aromatic heterocycles. The molecule has 1 rings (SSSR count). The monoisotopic (exact) mass is 192 g/mol. The van der Waals surface area contributed by atoms with Crippen LogP contribution in [0.1, 0.15) is 29.6 Å². The number of hydrogen-bond donors (Lipinski definition) is 1. The smallest absolute Gasteiger partial charge is 0.338 e. The van der Waals surface area contributed by atoms with E-state index in [2.05, 4.69) is 11.0 Å². The number of unbranched alkanes of at least 4 members (excludes halogenated alkanes) is 2. The largest absolute Gasteiger partial charge is 0.478 e. The Balaban J connectivity index is 2.37. The summed E-state index contributed by atoms with van der Waals surface area (Å²) in [5.74, 6) is 1.61. The van der Waals surface area contributed by atoms with Crippen molar-refractivity contribution in [2.24, 2.45) is 0 Å². The summed E-state index contributed by atoms with van der Waals surface area (Å²) in [6.07, 6.45) is 10.6. The van der Waals surface area contributed by atoms with Gasteiger partial charge in [0.2, 0.25) is 0 Å². The molecule has 0 bridgehead atoms. The van der Waals surface area contributed by atoms with Crippen LogP contribution in [-0.4, -0.2) is 20.9 Å². The molecule has 4 heteroatoms. The van der Waals surface area contributed by atoms with Gasteiger partial charge in [0, 0.05) is 19.2 Å². The molecule has 0 aliphatic heterocycles. The van der Waals surface area contributed by atoms with Gasteiger partial charge in [-0.3, -0.25) is 4.68 Å². The minimum Gasteiger partial charge on any atom is -0.478 e. The molecule has 0 saturated carbocycles. The molecule has 4 nitrogen and oxygen atoms in total. The Labute approximate surface area is 82.5 Å². The molecular formula is C10H12N2O2. The maximum atomic E-state index is 10.5. The second-order valence-electron chi connectivity index (χ2n) is 2.96. The molecule has 0 saturated heterocycles. The molecule has 0 aliphatic carbocycles. The summed E-state index contributed by atoms with van der Waals surface area (Å²) in [4.78, 5) is 10.5. The number of aromatic carboxylic acids is 1. The lowest BCUT2D eigenvalue weighted by atomic mass is 10.2. The van der Waals surface area contributed by atoms with E-state index in [1.165, 1.54) is 12.4 Å². The molecule has 74 valence electrons. The van der Waals surface area contributed by atoms with E-state index in [0.29, 0.717) is 0 Å². The van der Waals surface area contributed by atoms with Gasteiger partial charge in [-0.05, 0) is 12.8 Å². The zero-order chi connectivity index (χ0) is 10.4. The Morgan fingerprint density at radius 3 is 3.00 bits per heavy atom. The summed E-state index contributed by atoms with van der Waals surface area (Å²) in [5, 5.41) is 12.5. The van der Waals surface area contributed by atoms with Gasteiger partial charge in [0.1, 0.15) is 0 Å². The second-order valence-corrected chi connectivity index (χ2v) is 2.96. The van der Waals surface area contributed by atoms with Gasteiger partial charge in [-0.2, -0.15) is 5.10 Å². The average molecular weight is 192 g/mol. The predicted octanol–water partition coefficient (Wildman–Crippen LogP) is 1.38. The lowest BCUT2D eigenvalue weighted by Gasteiger charge is -1.98. The Morgan fingerprint density at radius 2 is 2.43 bits per heavy atom. The van der Waals surface area contributed by atoms with Crippen molar-refractivity contribution in [3.63, 3.8) is 0 Å². The number of terminal acetylenes is 1. The zero-order valence-electron chi connectivity index (χ0n) is 7.81. The molecule has 0 fully saturated rings. The summed E-state index contributed by atoms with van der Waals surface area (Å²) in [6, 6.07) is 0. The molecular weight excluding hydrogens is 180 g/mol. The van der Waals surface area contributed by atoms with Crippen molar-refractivity contribution < 1.29 is 9.90 Å². The van der Waals surface area contributed by atoms with Crippen LogP contribution >= 0.6 is 0 Å². The van der Waals surface area contributed by atoms with E-state index in [-0.39, 0.29) is 5.56 Å².